The summed E-state index contributed by atoms with van der Waals surface area (Å²) in [5.74, 6) is -1.94. The number of rotatable bonds is 7. The fraction of sp³-hybridized carbons (Fsp3) is 0.273. The van der Waals surface area contributed by atoms with Crippen molar-refractivity contribution in [3.63, 3.8) is 0 Å². The quantitative estimate of drug-likeness (QED) is 0.334. The molecule has 1 aromatic carbocycles. The summed E-state index contributed by atoms with van der Waals surface area (Å²) >= 11 is 0.784. The molecule has 20 heavy (non-hydrogen) atoms. The zero-order valence-electron chi connectivity index (χ0n) is 10.4. The van der Waals surface area contributed by atoms with E-state index < -0.39 is 22.9 Å². The first-order valence-electron chi connectivity index (χ1n) is 5.41. The molecule has 2 N–H and O–H groups in total. The number of benzene rings is 1. The second kappa shape index (κ2) is 7.46. The number of nitro benzene ring substituents is 1. The minimum absolute atomic E-state index is 0.146. The number of para-hydroxylation sites is 1. The number of nitrogens with zero attached hydrogens (tertiary/aromatic N) is 1. The van der Waals surface area contributed by atoms with E-state index in [2.05, 4.69) is 9.46 Å². The summed E-state index contributed by atoms with van der Waals surface area (Å²) < 4.78 is 6.89. The highest BCUT2D eigenvalue weighted by Gasteiger charge is 2.23. The summed E-state index contributed by atoms with van der Waals surface area (Å²) in [4.78, 5) is 32.5. The van der Waals surface area contributed by atoms with Gasteiger partial charge in [0, 0.05) is 6.07 Å². The zero-order chi connectivity index (χ0) is 15.1. The molecular formula is C11H12N2O6S. The Hall–Kier alpha value is -2.13. The topological polar surface area (TPSA) is 119 Å². The van der Waals surface area contributed by atoms with E-state index in [1.807, 2.05) is 0 Å². The van der Waals surface area contributed by atoms with E-state index in [1.54, 1.807) is 6.07 Å². The molecule has 0 saturated carbocycles. The Morgan fingerprint density at radius 1 is 1.50 bits per heavy atom. The van der Waals surface area contributed by atoms with Crippen molar-refractivity contribution in [2.24, 2.45) is 0 Å². The van der Waals surface area contributed by atoms with E-state index in [1.165, 1.54) is 18.2 Å². The molecule has 1 unspecified atom stereocenters. The molecule has 0 aliphatic heterocycles. The molecule has 0 spiro atoms. The standard InChI is InChI=1S/C11H12N2O6S/c1-19-10(14)6-7(11(15)16)12-20-9-5-3-2-4-8(9)13(17)18/h2-5,7,12H,6H2,1H3,(H,15,16). The van der Waals surface area contributed by atoms with Gasteiger partial charge in [-0.15, -0.1) is 0 Å². The van der Waals surface area contributed by atoms with Crippen LogP contribution in [0.5, 0.6) is 0 Å². The Kier molecular flexibility index (Phi) is 5.94. The van der Waals surface area contributed by atoms with Gasteiger partial charge in [0.1, 0.15) is 10.9 Å². The fourth-order valence-corrected chi connectivity index (χ4v) is 2.11. The first-order valence-corrected chi connectivity index (χ1v) is 6.22. The maximum Gasteiger partial charge on any atom is 0.322 e. The molecule has 0 aromatic heterocycles. The van der Waals surface area contributed by atoms with Gasteiger partial charge in [-0.3, -0.25) is 19.7 Å². The maximum absolute atomic E-state index is 11.1. The van der Waals surface area contributed by atoms with E-state index in [9.17, 15) is 19.7 Å². The summed E-state index contributed by atoms with van der Waals surface area (Å²) in [6.07, 6.45) is -0.376. The van der Waals surface area contributed by atoms with Crippen LogP contribution in [-0.4, -0.2) is 35.1 Å². The van der Waals surface area contributed by atoms with Gasteiger partial charge in [-0.25, -0.2) is 4.72 Å². The Balaban J connectivity index is 2.75. The number of aliphatic carboxylic acids is 1. The molecule has 0 saturated heterocycles. The van der Waals surface area contributed by atoms with Crippen molar-refractivity contribution in [1.82, 2.24) is 4.72 Å². The van der Waals surface area contributed by atoms with Gasteiger partial charge in [0.25, 0.3) is 5.69 Å². The lowest BCUT2D eigenvalue weighted by Gasteiger charge is -2.12. The van der Waals surface area contributed by atoms with Crippen molar-refractivity contribution < 1.29 is 24.4 Å². The van der Waals surface area contributed by atoms with Crippen molar-refractivity contribution in [2.75, 3.05) is 7.11 Å². The normalized spacial score (nSPS) is 11.7. The molecule has 9 heteroatoms. The molecule has 8 nitrogen and oxygen atoms in total. The van der Waals surface area contributed by atoms with Crippen molar-refractivity contribution in [3.8, 4) is 0 Å². The minimum atomic E-state index is -1.25. The van der Waals surface area contributed by atoms with E-state index >= 15 is 0 Å². The summed E-state index contributed by atoms with van der Waals surface area (Å²) in [6, 6.07) is 4.68. The first kappa shape index (κ1) is 15.9. The molecule has 0 bridgehead atoms. The number of hydrogen-bond acceptors (Lipinski definition) is 7. The molecule has 108 valence electrons. The number of ether oxygens (including phenoxy) is 1. The third-order valence-electron chi connectivity index (χ3n) is 2.27. The van der Waals surface area contributed by atoms with Crippen LogP contribution in [0.15, 0.2) is 29.2 Å². The van der Waals surface area contributed by atoms with Crippen LogP contribution in [0, 0.1) is 10.1 Å². The third-order valence-corrected chi connectivity index (χ3v) is 3.24. The first-order chi connectivity index (χ1) is 9.45. The smallest absolute Gasteiger partial charge is 0.322 e. The number of carbonyl (C=O) groups is 2. The summed E-state index contributed by atoms with van der Waals surface area (Å²) in [5.41, 5.74) is -0.146. The van der Waals surface area contributed by atoms with Crippen LogP contribution >= 0.6 is 11.9 Å². The Labute approximate surface area is 118 Å². The highest BCUT2D eigenvalue weighted by atomic mass is 32.2. The van der Waals surface area contributed by atoms with Gasteiger partial charge in [0.15, 0.2) is 0 Å². The highest BCUT2D eigenvalue weighted by molar-refractivity contribution is 7.97. The fourth-order valence-electron chi connectivity index (χ4n) is 1.26. The molecule has 1 aromatic rings. The lowest BCUT2D eigenvalue weighted by molar-refractivity contribution is -0.387. The molecule has 0 heterocycles. The van der Waals surface area contributed by atoms with Gasteiger partial charge in [-0.2, -0.15) is 0 Å². The predicted molar refractivity (Wildman–Crippen MR) is 70.1 cm³/mol. The molecule has 1 rings (SSSR count). The molecule has 0 aliphatic rings. The lowest BCUT2D eigenvalue weighted by Crippen LogP contribution is -2.34. The number of hydrogen-bond donors (Lipinski definition) is 2. The summed E-state index contributed by atoms with van der Waals surface area (Å²) in [7, 11) is 1.15. The molecule has 0 aliphatic carbocycles. The van der Waals surface area contributed by atoms with Crippen LogP contribution in [0.3, 0.4) is 0 Å². The molecular weight excluding hydrogens is 288 g/mol. The number of esters is 1. The number of nitro groups is 1. The monoisotopic (exact) mass is 300 g/mol. The highest BCUT2D eigenvalue weighted by Crippen LogP contribution is 2.27. The van der Waals surface area contributed by atoms with Gasteiger partial charge in [0.2, 0.25) is 0 Å². The SMILES string of the molecule is COC(=O)CC(NSc1ccccc1[N+](=O)[O-])C(=O)O. The number of carbonyl (C=O) groups excluding carboxylic acids is 1. The number of nitrogens with one attached hydrogen (secondary N) is 1. The van der Waals surface area contributed by atoms with Gasteiger partial charge < -0.3 is 9.84 Å². The van der Waals surface area contributed by atoms with Crippen molar-refractivity contribution in [2.45, 2.75) is 17.4 Å². The van der Waals surface area contributed by atoms with Crippen molar-refractivity contribution >= 4 is 29.6 Å². The van der Waals surface area contributed by atoms with Crippen LogP contribution in [0.2, 0.25) is 0 Å². The minimum Gasteiger partial charge on any atom is -0.480 e. The Bertz CT molecular complexity index is 521. The number of carboxylic acids is 1. The van der Waals surface area contributed by atoms with Crippen molar-refractivity contribution in [3.05, 3.63) is 34.4 Å². The van der Waals surface area contributed by atoms with Crippen LogP contribution < -0.4 is 4.72 Å². The Morgan fingerprint density at radius 2 is 2.15 bits per heavy atom. The van der Waals surface area contributed by atoms with Gasteiger partial charge in [-0.1, -0.05) is 12.1 Å². The summed E-state index contributed by atoms with van der Waals surface area (Å²) in [6.45, 7) is 0. The second-order valence-electron chi connectivity index (χ2n) is 3.62. The molecule has 0 radical (unpaired) electrons. The van der Waals surface area contributed by atoms with Gasteiger partial charge in [0.05, 0.1) is 18.5 Å². The number of methoxy groups -OCH3 is 1. The Morgan fingerprint density at radius 3 is 2.70 bits per heavy atom. The predicted octanol–water partition coefficient (Wildman–Crippen LogP) is 1.21. The maximum atomic E-state index is 11.1. The zero-order valence-corrected chi connectivity index (χ0v) is 11.3. The van der Waals surface area contributed by atoms with Crippen molar-refractivity contribution in [1.29, 1.82) is 0 Å². The second-order valence-corrected chi connectivity index (χ2v) is 4.50. The number of carboxylic acid groups (broad SMARTS) is 1. The van der Waals surface area contributed by atoms with Crippen LogP contribution in [0.1, 0.15) is 6.42 Å². The molecule has 1 atom stereocenters. The van der Waals surface area contributed by atoms with Crippen LogP contribution in [0.4, 0.5) is 5.69 Å². The van der Waals surface area contributed by atoms with E-state index in [-0.39, 0.29) is 17.0 Å². The van der Waals surface area contributed by atoms with Crippen LogP contribution in [0.25, 0.3) is 0 Å². The van der Waals surface area contributed by atoms with Gasteiger partial charge >= 0.3 is 11.9 Å². The van der Waals surface area contributed by atoms with E-state index in [4.69, 9.17) is 5.11 Å². The van der Waals surface area contributed by atoms with E-state index in [0.717, 1.165) is 19.1 Å². The molecule has 0 amide bonds. The van der Waals surface area contributed by atoms with Gasteiger partial charge in [-0.05, 0) is 18.0 Å². The largest absolute Gasteiger partial charge is 0.480 e. The summed E-state index contributed by atoms with van der Waals surface area (Å²) in [5, 5.41) is 19.8. The third kappa shape index (κ3) is 4.52. The van der Waals surface area contributed by atoms with E-state index in [0.29, 0.717) is 0 Å². The molecule has 0 fully saturated rings. The average Bonchev–Trinajstić information content (AvgIpc) is 2.42. The lowest BCUT2D eigenvalue weighted by atomic mass is 10.2. The van der Waals surface area contributed by atoms with Crippen LogP contribution in [-0.2, 0) is 14.3 Å². The average molecular weight is 300 g/mol.